The van der Waals surface area contributed by atoms with E-state index < -0.39 is 22.7 Å². The van der Waals surface area contributed by atoms with E-state index in [0.717, 1.165) is 16.5 Å². The van der Waals surface area contributed by atoms with Crippen molar-refractivity contribution < 1.29 is 19.1 Å². The fourth-order valence-electron chi connectivity index (χ4n) is 5.29. The van der Waals surface area contributed by atoms with Gasteiger partial charge in [0, 0.05) is 27.1 Å². The van der Waals surface area contributed by atoms with Gasteiger partial charge in [0.1, 0.15) is 5.75 Å². The highest BCUT2D eigenvalue weighted by Gasteiger charge is 2.87. The Hall–Kier alpha value is -3.05. The first-order chi connectivity index (χ1) is 15.4. The van der Waals surface area contributed by atoms with Crippen molar-refractivity contribution >= 4 is 33.5 Å². The van der Waals surface area contributed by atoms with Gasteiger partial charge in [-0.25, -0.2) is 0 Å². The minimum absolute atomic E-state index is 0.223. The molecule has 0 bridgehead atoms. The molecule has 3 aromatic carbocycles. The molecule has 1 heterocycles. The Kier molecular flexibility index (Phi) is 4.71. The molecule has 160 valence electrons. The van der Waals surface area contributed by atoms with E-state index in [2.05, 4.69) is 15.9 Å². The molecule has 1 saturated carbocycles. The molecule has 32 heavy (non-hydrogen) atoms. The fourth-order valence-corrected chi connectivity index (χ4v) is 5.67. The quantitative estimate of drug-likeness (QED) is 0.197. The summed E-state index contributed by atoms with van der Waals surface area (Å²) in [5, 5.41) is 0. The molecule has 3 atom stereocenters. The fraction of sp³-hybridized carbons (Fsp3) is 0.222. The van der Waals surface area contributed by atoms with Gasteiger partial charge in [-0.15, -0.1) is 0 Å². The van der Waals surface area contributed by atoms with Gasteiger partial charge in [-0.1, -0.05) is 84.4 Å². The van der Waals surface area contributed by atoms with Gasteiger partial charge in [0.05, 0.1) is 5.41 Å². The summed E-state index contributed by atoms with van der Waals surface area (Å²) in [4.78, 5) is 41.2. The van der Waals surface area contributed by atoms with Gasteiger partial charge >= 0.3 is 5.97 Å². The van der Waals surface area contributed by atoms with Crippen molar-refractivity contribution in [2.24, 2.45) is 10.8 Å². The molecule has 5 rings (SSSR count). The van der Waals surface area contributed by atoms with E-state index in [0.29, 0.717) is 22.4 Å². The van der Waals surface area contributed by atoms with Gasteiger partial charge in [0.15, 0.2) is 17.0 Å². The molecule has 0 aromatic heterocycles. The normalized spacial score (nSPS) is 25.3. The number of hydrogen-bond acceptors (Lipinski definition) is 4. The summed E-state index contributed by atoms with van der Waals surface area (Å²) in [6, 6.07) is 21.4. The summed E-state index contributed by atoms with van der Waals surface area (Å²) in [5.41, 5.74) is -0.151. The van der Waals surface area contributed by atoms with E-state index in [1.807, 2.05) is 31.2 Å². The Morgan fingerprint density at radius 1 is 0.938 bits per heavy atom. The molecule has 0 amide bonds. The molecule has 1 fully saturated rings. The van der Waals surface area contributed by atoms with Crippen LogP contribution in [0.15, 0.2) is 77.3 Å². The van der Waals surface area contributed by atoms with Crippen molar-refractivity contribution in [1.29, 1.82) is 0 Å². The van der Waals surface area contributed by atoms with Crippen molar-refractivity contribution in [1.82, 2.24) is 0 Å². The summed E-state index contributed by atoms with van der Waals surface area (Å²) in [6.07, 6.45) is 0.860. The Morgan fingerprint density at radius 3 is 2.25 bits per heavy atom. The number of halogens is 1. The third-order valence-electron chi connectivity index (χ3n) is 7.04. The van der Waals surface area contributed by atoms with Crippen LogP contribution in [0, 0.1) is 10.8 Å². The number of benzene rings is 3. The second-order valence-corrected chi connectivity index (χ2v) is 9.51. The zero-order chi connectivity index (χ0) is 22.7. The summed E-state index contributed by atoms with van der Waals surface area (Å²) in [7, 11) is 0. The minimum Gasteiger partial charge on any atom is -0.425 e. The van der Waals surface area contributed by atoms with E-state index in [4.69, 9.17) is 4.74 Å². The summed E-state index contributed by atoms with van der Waals surface area (Å²) in [5.74, 6) is -1.46. The van der Waals surface area contributed by atoms with Crippen LogP contribution in [0.4, 0.5) is 0 Å². The molecule has 3 aromatic rings. The molecule has 1 aliphatic carbocycles. The largest absolute Gasteiger partial charge is 0.425 e. The number of esters is 1. The Balaban J connectivity index is 1.70. The van der Waals surface area contributed by atoms with E-state index >= 15 is 0 Å². The standard InChI is InChI=1S/C27H21BrO4/c1-3-16-9-11-18(12-10-16)23(29)26(2)22-20-15-19(28)13-14-21(20)32-25(31)27(22,26)24(30)17-7-5-4-6-8-17/h4-15,22H,3H2,1-2H3/t22-,26+,27+/m1/s1. The second kappa shape index (κ2) is 7.24. The maximum Gasteiger partial charge on any atom is 0.327 e. The molecular weight excluding hydrogens is 468 g/mol. The van der Waals surface area contributed by atoms with Crippen molar-refractivity contribution in [3.63, 3.8) is 0 Å². The van der Waals surface area contributed by atoms with E-state index in [1.165, 1.54) is 0 Å². The third-order valence-corrected chi connectivity index (χ3v) is 7.54. The van der Waals surface area contributed by atoms with Crippen LogP contribution >= 0.6 is 15.9 Å². The first-order valence-electron chi connectivity index (χ1n) is 10.6. The topological polar surface area (TPSA) is 60.4 Å². The number of Topliss-reactive ketones (excluding diaryl/α,β-unsaturated/α-hetero) is 2. The molecule has 1 aliphatic heterocycles. The number of ketones is 2. The molecule has 2 aliphatic rings. The van der Waals surface area contributed by atoms with Gasteiger partial charge in [-0.2, -0.15) is 0 Å². The number of hydrogen-bond donors (Lipinski definition) is 0. The van der Waals surface area contributed by atoms with E-state index in [9.17, 15) is 14.4 Å². The van der Waals surface area contributed by atoms with Crippen LogP contribution in [-0.2, 0) is 11.2 Å². The summed E-state index contributed by atoms with van der Waals surface area (Å²) >= 11 is 3.48. The molecular formula is C27H21BrO4. The first-order valence-corrected chi connectivity index (χ1v) is 11.4. The molecule has 5 heteroatoms. The van der Waals surface area contributed by atoms with Crippen LogP contribution in [0.5, 0.6) is 5.75 Å². The Labute approximate surface area is 194 Å². The highest BCUT2D eigenvalue weighted by atomic mass is 79.9. The van der Waals surface area contributed by atoms with Crippen LogP contribution in [0.3, 0.4) is 0 Å². The van der Waals surface area contributed by atoms with Crippen LogP contribution in [-0.4, -0.2) is 17.5 Å². The number of aryl methyl sites for hydroxylation is 1. The SMILES string of the molecule is CCc1ccc(C(=O)[C@]2(C)[C@H]3c4cc(Br)ccc4OC(=O)[C@@]32C(=O)c2ccccc2)cc1. The highest BCUT2D eigenvalue weighted by molar-refractivity contribution is 9.10. The third kappa shape index (κ3) is 2.64. The molecule has 0 N–H and O–H groups in total. The molecule has 0 radical (unpaired) electrons. The number of carbonyl (C=O) groups excluding carboxylic acids is 3. The molecule has 4 nitrogen and oxygen atoms in total. The van der Waals surface area contributed by atoms with Crippen LogP contribution in [0.25, 0.3) is 0 Å². The van der Waals surface area contributed by atoms with Gasteiger partial charge in [0.25, 0.3) is 0 Å². The predicted molar refractivity (Wildman–Crippen MR) is 124 cm³/mol. The molecule has 0 saturated heterocycles. The van der Waals surface area contributed by atoms with Gasteiger partial charge in [0.2, 0.25) is 0 Å². The smallest absolute Gasteiger partial charge is 0.327 e. The lowest BCUT2D eigenvalue weighted by atomic mass is 9.82. The van der Waals surface area contributed by atoms with Gasteiger partial charge in [-0.05, 0) is 30.2 Å². The Bertz CT molecular complexity index is 1260. The zero-order valence-corrected chi connectivity index (χ0v) is 19.3. The second-order valence-electron chi connectivity index (χ2n) is 8.59. The minimum atomic E-state index is -1.59. The van der Waals surface area contributed by atoms with E-state index in [-0.39, 0.29) is 11.6 Å². The predicted octanol–water partition coefficient (Wildman–Crippen LogP) is 5.79. The maximum absolute atomic E-state index is 13.9. The average molecular weight is 489 g/mol. The summed E-state index contributed by atoms with van der Waals surface area (Å²) in [6.45, 7) is 3.78. The zero-order valence-electron chi connectivity index (χ0n) is 17.7. The maximum atomic E-state index is 13.9. The number of ether oxygens (including phenoxy) is 1. The number of carbonyl (C=O) groups is 3. The van der Waals surface area contributed by atoms with Crippen molar-refractivity contribution in [3.05, 3.63) is 99.5 Å². The van der Waals surface area contributed by atoms with E-state index in [1.54, 1.807) is 55.5 Å². The van der Waals surface area contributed by atoms with Gasteiger partial charge < -0.3 is 4.74 Å². The lowest BCUT2D eigenvalue weighted by molar-refractivity contribution is -0.140. The first kappa shape index (κ1) is 20.8. The van der Waals surface area contributed by atoms with Crippen LogP contribution in [0.2, 0.25) is 0 Å². The number of fused-ring (bicyclic) bond motifs is 3. The summed E-state index contributed by atoms with van der Waals surface area (Å²) < 4.78 is 6.47. The average Bonchev–Trinajstić information content (AvgIpc) is 3.42. The van der Waals surface area contributed by atoms with Crippen molar-refractivity contribution in [2.45, 2.75) is 26.2 Å². The number of rotatable bonds is 5. The lowest BCUT2D eigenvalue weighted by Crippen LogP contribution is -2.39. The van der Waals surface area contributed by atoms with Crippen molar-refractivity contribution in [3.8, 4) is 5.75 Å². The molecule has 0 spiro atoms. The van der Waals surface area contributed by atoms with Crippen molar-refractivity contribution in [2.75, 3.05) is 0 Å². The van der Waals surface area contributed by atoms with Gasteiger partial charge in [-0.3, -0.25) is 14.4 Å². The van der Waals surface area contributed by atoms with Crippen LogP contribution < -0.4 is 4.74 Å². The molecule has 0 unspecified atom stereocenters. The highest BCUT2D eigenvalue weighted by Crippen LogP contribution is 2.79. The monoisotopic (exact) mass is 488 g/mol. The Morgan fingerprint density at radius 2 is 1.59 bits per heavy atom. The lowest BCUT2D eigenvalue weighted by Gasteiger charge is -2.23. The van der Waals surface area contributed by atoms with Crippen LogP contribution in [0.1, 0.15) is 51.6 Å².